The summed E-state index contributed by atoms with van der Waals surface area (Å²) in [5.74, 6) is 0. The zero-order valence-electron chi connectivity index (χ0n) is 17.9. The van der Waals surface area contributed by atoms with Crippen LogP contribution in [0.5, 0.6) is 0 Å². The predicted molar refractivity (Wildman–Crippen MR) is 127 cm³/mol. The molecule has 1 heterocycles. The molecule has 0 aliphatic heterocycles. The lowest BCUT2D eigenvalue weighted by atomic mass is 10.2. The van der Waals surface area contributed by atoms with Crippen molar-refractivity contribution in [2.24, 2.45) is 0 Å². The van der Waals surface area contributed by atoms with Gasteiger partial charge in [0.05, 0.1) is 5.52 Å². The van der Waals surface area contributed by atoms with Gasteiger partial charge >= 0.3 is 0 Å². The van der Waals surface area contributed by atoms with Crippen molar-refractivity contribution in [3.63, 3.8) is 0 Å². The van der Waals surface area contributed by atoms with E-state index < -0.39 is 16.4 Å². The molecule has 3 rings (SSSR count). The van der Waals surface area contributed by atoms with Crippen LogP contribution in [0.4, 0.5) is 0 Å². The molecule has 0 fully saturated rings. The van der Waals surface area contributed by atoms with Crippen molar-refractivity contribution in [3.8, 4) is 0 Å². The lowest BCUT2D eigenvalue weighted by Gasteiger charge is -2.31. The quantitative estimate of drug-likeness (QED) is 0.473. The summed E-state index contributed by atoms with van der Waals surface area (Å²) in [6.45, 7) is 13.7. The van der Waals surface area contributed by atoms with E-state index in [4.69, 9.17) is 9.41 Å². The van der Waals surface area contributed by atoms with E-state index in [1.165, 1.54) is 21.3 Å². The lowest BCUT2D eigenvalue weighted by Crippen LogP contribution is -2.45. The minimum Gasteiger partial charge on any atom is -0.411 e. The molecule has 0 N–H and O–H groups in total. The smallest absolute Gasteiger partial charge is 0.211 e. The SMILES string of the molecule is CC(C)O[Si](C)(C)/C=C(\c1ccccc1)[Si](C)(C)c1cccc2cccnc12. The molecule has 0 aliphatic rings. The van der Waals surface area contributed by atoms with E-state index >= 15 is 0 Å². The van der Waals surface area contributed by atoms with Gasteiger partial charge in [0.25, 0.3) is 0 Å². The Hall–Kier alpha value is -2.02. The molecule has 0 saturated heterocycles. The summed E-state index contributed by atoms with van der Waals surface area (Å²) in [6, 6.07) is 21.6. The van der Waals surface area contributed by atoms with Crippen LogP contribution in [0, 0.1) is 0 Å². The maximum absolute atomic E-state index is 6.38. The summed E-state index contributed by atoms with van der Waals surface area (Å²) in [4.78, 5) is 4.76. The first kappa shape index (κ1) is 20.7. The highest BCUT2D eigenvalue weighted by atomic mass is 28.4. The average Bonchev–Trinajstić information content (AvgIpc) is 2.65. The number of fused-ring (bicyclic) bond motifs is 1. The Bertz CT molecular complexity index is 973. The first-order valence-electron chi connectivity index (χ1n) is 10.0. The van der Waals surface area contributed by atoms with Gasteiger partial charge in [0, 0.05) is 17.7 Å². The summed E-state index contributed by atoms with van der Waals surface area (Å²) < 4.78 is 6.38. The van der Waals surface area contributed by atoms with E-state index in [2.05, 4.69) is 100 Å². The molecule has 0 radical (unpaired) electrons. The maximum atomic E-state index is 6.38. The van der Waals surface area contributed by atoms with Gasteiger partial charge in [0.15, 0.2) is 0 Å². The first-order valence-corrected chi connectivity index (χ1v) is 16.0. The third kappa shape index (κ3) is 4.51. The van der Waals surface area contributed by atoms with Crippen molar-refractivity contribution < 1.29 is 4.43 Å². The van der Waals surface area contributed by atoms with E-state index in [1.54, 1.807) is 0 Å². The normalized spacial score (nSPS) is 13.3. The third-order valence-electron chi connectivity index (χ3n) is 5.10. The monoisotopic (exact) mass is 405 g/mol. The molecule has 1 aromatic heterocycles. The second kappa shape index (κ2) is 8.15. The van der Waals surface area contributed by atoms with Crippen molar-refractivity contribution in [3.05, 3.63) is 78.1 Å². The average molecular weight is 406 g/mol. The molecule has 0 unspecified atom stereocenters. The number of pyridine rings is 1. The van der Waals surface area contributed by atoms with Gasteiger partial charge in [0.2, 0.25) is 8.32 Å². The molecule has 0 aliphatic carbocycles. The van der Waals surface area contributed by atoms with Gasteiger partial charge in [-0.05, 0) is 43.8 Å². The van der Waals surface area contributed by atoms with Crippen LogP contribution >= 0.6 is 0 Å². The number of hydrogen-bond acceptors (Lipinski definition) is 2. The number of para-hydroxylation sites is 1. The van der Waals surface area contributed by atoms with Crippen LogP contribution in [0.1, 0.15) is 19.4 Å². The molecule has 146 valence electrons. The minimum atomic E-state index is -2.02. The lowest BCUT2D eigenvalue weighted by molar-refractivity contribution is 0.238. The predicted octanol–water partition coefficient (Wildman–Crippen LogP) is 5.94. The fraction of sp³-hybridized carbons (Fsp3) is 0.292. The van der Waals surface area contributed by atoms with Crippen LogP contribution in [-0.4, -0.2) is 27.5 Å². The number of nitrogens with zero attached hydrogens (tertiary/aromatic N) is 1. The highest BCUT2D eigenvalue weighted by molar-refractivity contribution is 7.07. The van der Waals surface area contributed by atoms with Gasteiger partial charge in [-0.15, -0.1) is 0 Å². The number of benzene rings is 2. The molecule has 2 aromatic carbocycles. The Labute approximate surface area is 171 Å². The molecular formula is C24H31NOSi2. The highest BCUT2D eigenvalue weighted by Gasteiger charge is 2.34. The fourth-order valence-corrected chi connectivity index (χ4v) is 11.1. The Morgan fingerprint density at radius 1 is 0.893 bits per heavy atom. The standard InChI is InChI=1S/C24H31NOSi2/c1-19(2)26-27(3,4)18-23(20-12-8-7-9-13-20)28(5,6)22-16-10-14-21-15-11-17-25-24(21)22/h7-19H,1-6H3/b23-18+. The van der Waals surface area contributed by atoms with Crippen LogP contribution in [-0.2, 0) is 4.43 Å². The Morgan fingerprint density at radius 2 is 1.57 bits per heavy atom. The van der Waals surface area contributed by atoms with Crippen LogP contribution < -0.4 is 5.19 Å². The largest absolute Gasteiger partial charge is 0.411 e. The summed E-state index contributed by atoms with van der Waals surface area (Å²) in [5.41, 5.74) is 4.92. The van der Waals surface area contributed by atoms with Gasteiger partial charge in [-0.3, -0.25) is 4.98 Å². The van der Waals surface area contributed by atoms with Crippen molar-refractivity contribution in [1.82, 2.24) is 4.98 Å². The van der Waals surface area contributed by atoms with Crippen LogP contribution in [0.3, 0.4) is 0 Å². The Balaban J connectivity index is 2.22. The molecule has 0 spiro atoms. The Kier molecular flexibility index (Phi) is 6.03. The first-order chi connectivity index (χ1) is 13.2. The van der Waals surface area contributed by atoms with Crippen molar-refractivity contribution >= 4 is 37.7 Å². The van der Waals surface area contributed by atoms with Crippen molar-refractivity contribution in [1.29, 1.82) is 0 Å². The molecule has 0 bridgehead atoms. The summed E-state index contributed by atoms with van der Waals surface area (Å²) in [6.07, 6.45) is 2.14. The second-order valence-electron chi connectivity index (χ2n) is 8.70. The topological polar surface area (TPSA) is 22.1 Å². The summed E-state index contributed by atoms with van der Waals surface area (Å²) in [7, 11) is -3.99. The molecule has 2 nitrogen and oxygen atoms in total. The summed E-state index contributed by atoms with van der Waals surface area (Å²) >= 11 is 0. The molecule has 4 heteroatoms. The van der Waals surface area contributed by atoms with Crippen molar-refractivity contribution in [2.75, 3.05) is 0 Å². The highest BCUT2D eigenvalue weighted by Crippen LogP contribution is 2.30. The van der Waals surface area contributed by atoms with Crippen LogP contribution in [0.25, 0.3) is 16.1 Å². The maximum Gasteiger partial charge on any atom is 0.211 e. The molecule has 0 saturated carbocycles. The third-order valence-corrected chi connectivity index (χ3v) is 11.0. The Morgan fingerprint density at radius 3 is 2.25 bits per heavy atom. The van der Waals surface area contributed by atoms with Gasteiger partial charge in [-0.2, -0.15) is 0 Å². The van der Waals surface area contributed by atoms with Crippen LogP contribution in [0.2, 0.25) is 26.2 Å². The van der Waals surface area contributed by atoms with Gasteiger partial charge in [-0.25, -0.2) is 0 Å². The number of aromatic nitrogens is 1. The molecule has 3 aromatic rings. The minimum absolute atomic E-state index is 0.235. The van der Waals surface area contributed by atoms with Crippen molar-refractivity contribution in [2.45, 2.75) is 46.1 Å². The molecule has 0 atom stereocenters. The van der Waals surface area contributed by atoms with E-state index in [1.807, 2.05) is 12.3 Å². The molecule has 28 heavy (non-hydrogen) atoms. The molecule has 0 amide bonds. The van der Waals surface area contributed by atoms with Gasteiger partial charge in [0.1, 0.15) is 8.07 Å². The van der Waals surface area contributed by atoms with Gasteiger partial charge in [-0.1, -0.05) is 78.6 Å². The number of hydrogen-bond donors (Lipinski definition) is 0. The molecular weight excluding hydrogens is 374 g/mol. The van der Waals surface area contributed by atoms with E-state index in [0.717, 1.165) is 5.52 Å². The van der Waals surface area contributed by atoms with Gasteiger partial charge < -0.3 is 4.43 Å². The van der Waals surface area contributed by atoms with E-state index in [9.17, 15) is 0 Å². The van der Waals surface area contributed by atoms with E-state index in [0.29, 0.717) is 0 Å². The van der Waals surface area contributed by atoms with Crippen LogP contribution in [0.15, 0.2) is 72.6 Å². The fourth-order valence-electron chi connectivity index (χ4n) is 3.99. The number of rotatable bonds is 6. The van der Waals surface area contributed by atoms with E-state index in [-0.39, 0.29) is 6.10 Å². The zero-order valence-corrected chi connectivity index (χ0v) is 19.9. The summed E-state index contributed by atoms with van der Waals surface area (Å²) in [5, 5.41) is 4.04. The second-order valence-corrected chi connectivity index (χ2v) is 16.8. The zero-order chi connectivity index (χ0) is 20.4.